The molecular formula is C22H17ClN2O2S. The maximum atomic E-state index is 12.5. The summed E-state index contributed by atoms with van der Waals surface area (Å²) in [5.41, 5.74) is 2.60. The fraction of sp³-hybridized carbons (Fsp3) is 0.0909. The second-order valence-corrected chi connectivity index (χ2v) is 7.78. The van der Waals surface area contributed by atoms with Gasteiger partial charge in [-0.05, 0) is 65.4 Å². The Hall–Kier alpha value is -2.76. The molecule has 0 unspecified atom stereocenters. The van der Waals surface area contributed by atoms with E-state index in [9.17, 15) is 4.79 Å². The second-order valence-electron chi connectivity index (χ2n) is 6.32. The molecule has 1 heterocycles. The molecule has 0 bridgehead atoms. The fourth-order valence-corrected chi connectivity index (χ4v) is 4.11. The van der Waals surface area contributed by atoms with Crippen LogP contribution in [0.3, 0.4) is 0 Å². The molecule has 1 N–H and O–H groups in total. The molecule has 0 spiro atoms. The van der Waals surface area contributed by atoms with E-state index in [0.29, 0.717) is 15.1 Å². The standard InChI is InChI=1S/C22H17ClN2O2S/c1-13-11-15(23)8-9-18(13)24-22-25-21(26)20(28-22)12-17-16-6-4-3-5-14(16)7-10-19(17)27-2/h3-12H,1-2H3,(H,24,25,26)/b20-12-. The van der Waals surface area contributed by atoms with Gasteiger partial charge in [0.25, 0.3) is 5.91 Å². The molecule has 1 amide bonds. The van der Waals surface area contributed by atoms with Crippen LogP contribution in [-0.4, -0.2) is 18.2 Å². The van der Waals surface area contributed by atoms with Crippen LogP contribution >= 0.6 is 23.4 Å². The van der Waals surface area contributed by atoms with Crippen molar-refractivity contribution >= 4 is 57.0 Å². The minimum atomic E-state index is -0.176. The zero-order valence-corrected chi connectivity index (χ0v) is 16.9. The molecule has 6 heteroatoms. The predicted octanol–water partition coefficient (Wildman–Crippen LogP) is 5.70. The molecule has 0 saturated carbocycles. The topological polar surface area (TPSA) is 50.7 Å². The van der Waals surface area contributed by atoms with Crippen LogP contribution in [0.1, 0.15) is 11.1 Å². The van der Waals surface area contributed by atoms with E-state index in [0.717, 1.165) is 33.3 Å². The van der Waals surface area contributed by atoms with E-state index in [1.54, 1.807) is 13.2 Å². The Labute approximate surface area is 172 Å². The Balaban J connectivity index is 1.73. The first kappa shape index (κ1) is 18.6. The molecule has 0 atom stereocenters. The van der Waals surface area contributed by atoms with Gasteiger partial charge in [-0.25, -0.2) is 4.99 Å². The van der Waals surface area contributed by atoms with Crippen molar-refractivity contribution in [2.24, 2.45) is 4.99 Å². The number of halogens is 1. The lowest BCUT2D eigenvalue weighted by molar-refractivity contribution is -0.115. The largest absolute Gasteiger partial charge is 0.496 e. The number of carbonyl (C=O) groups is 1. The normalized spacial score (nSPS) is 16.8. The lowest BCUT2D eigenvalue weighted by atomic mass is 10.0. The number of ether oxygens (including phenoxy) is 1. The summed E-state index contributed by atoms with van der Waals surface area (Å²) < 4.78 is 5.52. The lowest BCUT2D eigenvalue weighted by Crippen LogP contribution is -2.19. The van der Waals surface area contributed by atoms with Gasteiger partial charge in [-0.3, -0.25) is 4.79 Å². The number of benzene rings is 3. The van der Waals surface area contributed by atoms with Crippen LogP contribution in [0.5, 0.6) is 5.75 Å². The van der Waals surface area contributed by atoms with E-state index in [1.807, 2.05) is 61.5 Å². The van der Waals surface area contributed by atoms with Gasteiger partial charge in [0, 0.05) is 10.6 Å². The van der Waals surface area contributed by atoms with Gasteiger partial charge < -0.3 is 10.1 Å². The molecule has 0 aromatic heterocycles. The number of amides is 1. The highest BCUT2D eigenvalue weighted by Crippen LogP contribution is 2.35. The van der Waals surface area contributed by atoms with E-state index in [1.165, 1.54) is 11.8 Å². The smallest absolute Gasteiger partial charge is 0.264 e. The number of amidine groups is 1. The van der Waals surface area contributed by atoms with E-state index in [-0.39, 0.29) is 5.91 Å². The lowest BCUT2D eigenvalue weighted by Gasteiger charge is -2.09. The first-order valence-electron chi connectivity index (χ1n) is 8.66. The number of hydrogen-bond donors (Lipinski definition) is 1. The highest BCUT2D eigenvalue weighted by atomic mass is 35.5. The number of hydrogen-bond acceptors (Lipinski definition) is 4. The minimum Gasteiger partial charge on any atom is -0.496 e. The summed E-state index contributed by atoms with van der Waals surface area (Å²) in [5, 5.41) is 6.15. The van der Waals surface area contributed by atoms with Gasteiger partial charge in [-0.2, -0.15) is 0 Å². The van der Waals surface area contributed by atoms with Crippen molar-refractivity contribution in [3.05, 3.63) is 75.7 Å². The number of aryl methyl sites for hydroxylation is 1. The number of aliphatic imine (C=N–C) groups is 1. The SMILES string of the molecule is COc1ccc2ccccc2c1/C=C1\SC(=Nc2ccc(Cl)cc2C)NC1=O. The summed E-state index contributed by atoms with van der Waals surface area (Å²) in [7, 11) is 1.63. The predicted molar refractivity (Wildman–Crippen MR) is 117 cm³/mol. The molecule has 3 aromatic rings. The molecule has 1 aliphatic heterocycles. The first-order valence-corrected chi connectivity index (χ1v) is 9.86. The van der Waals surface area contributed by atoms with Gasteiger partial charge in [0.15, 0.2) is 5.17 Å². The number of nitrogens with one attached hydrogen (secondary N) is 1. The third-order valence-electron chi connectivity index (χ3n) is 4.46. The van der Waals surface area contributed by atoms with Crippen LogP contribution in [-0.2, 0) is 4.79 Å². The van der Waals surface area contributed by atoms with E-state index < -0.39 is 0 Å². The quantitative estimate of drug-likeness (QED) is 0.565. The average molecular weight is 409 g/mol. The van der Waals surface area contributed by atoms with Gasteiger partial charge >= 0.3 is 0 Å². The van der Waals surface area contributed by atoms with Crippen molar-refractivity contribution in [2.45, 2.75) is 6.92 Å². The Kier molecular flexibility index (Phi) is 5.11. The van der Waals surface area contributed by atoms with E-state index in [2.05, 4.69) is 10.3 Å². The maximum Gasteiger partial charge on any atom is 0.264 e. The number of thioether (sulfide) groups is 1. The van der Waals surface area contributed by atoms with Gasteiger partial charge in [0.2, 0.25) is 0 Å². The monoisotopic (exact) mass is 408 g/mol. The fourth-order valence-electron chi connectivity index (χ4n) is 3.07. The minimum absolute atomic E-state index is 0.176. The van der Waals surface area contributed by atoms with Crippen molar-refractivity contribution in [3.63, 3.8) is 0 Å². The molecule has 4 nitrogen and oxygen atoms in total. The average Bonchev–Trinajstić information content (AvgIpc) is 3.03. The van der Waals surface area contributed by atoms with Crippen LogP contribution in [0.15, 0.2) is 64.5 Å². The van der Waals surface area contributed by atoms with Crippen LogP contribution in [0.25, 0.3) is 16.8 Å². The molecule has 4 rings (SSSR count). The number of nitrogens with zero attached hydrogens (tertiary/aromatic N) is 1. The summed E-state index contributed by atoms with van der Waals surface area (Å²) in [6, 6.07) is 17.4. The Morgan fingerprint density at radius 3 is 2.75 bits per heavy atom. The van der Waals surface area contributed by atoms with Gasteiger partial charge in [0.05, 0.1) is 17.7 Å². The zero-order chi connectivity index (χ0) is 19.7. The molecule has 140 valence electrons. The number of rotatable bonds is 3. The molecule has 1 fully saturated rings. The number of methoxy groups -OCH3 is 1. The van der Waals surface area contributed by atoms with Gasteiger partial charge in [-0.1, -0.05) is 41.9 Å². The Morgan fingerprint density at radius 1 is 1.14 bits per heavy atom. The molecule has 3 aromatic carbocycles. The summed E-state index contributed by atoms with van der Waals surface area (Å²) in [6.07, 6.45) is 1.86. The molecule has 0 aliphatic carbocycles. The van der Waals surface area contributed by atoms with Crippen molar-refractivity contribution < 1.29 is 9.53 Å². The van der Waals surface area contributed by atoms with Crippen molar-refractivity contribution in [2.75, 3.05) is 7.11 Å². The zero-order valence-electron chi connectivity index (χ0n) is 15.3. The Morgan fingerprint density at radius 2 is 1.96 bits per heavy atom. The Bertz CT molecular complexity index is 1150. The maximum absolute atomic E-state index is 12.5. The molecular weight excluding hydrogens is 392 g/mol. The van der Waals surface area contributed by atoms with Crippen molar-refractivity contribution in [1.82, 2.24) is 5.32 Å². The van der Waals surface area contributed by atoms with Crippen LogP contribution in [0.4, 0.5) is 5.69 Å². The summed E-state index contributed by atoms with van der Waals surface area (Å²) in [5.74, 6) is 0.545. The molecule has 28 heavy (non-hydrogen) atoms. The summed E-state index contributed by atoms with van der Waals surface area (Å²) in [4.78, 5) is 17.6. The molecule has 1 aliphatic rings. The third-order valence-corrected chi connectivity index (χ3v) is 5.60. The van der Waals surface area contributed by atoms with Crippen molar-refractivity contribution in [1.29, 1.82) is 0 Å². The summed E-state index contributed by atoms with van der Waals surface area (Å²) >= 11 is 7.31. The van der Waals surface area contributed by atoms with Crippen molar-refractivity contribution in [3.8, 4) is 5.75 Å². The second kappa shape index (κ2) is 7.70. The van der Waals surface area contributed by atoms with Crippen LogP contribution in [0, 0.1) is 6.92 Å². The van der Waals surface area contributed by atoms with Crippen LogP contribution < -0.4 is 10.1 Å². The summed E-state index contributed by atoms with van der Waals surface area (Å²) in [6.45, 7) is 1.93. The third kappa shape index (κ3) is 3.63. The van der Waals surface area contributed by atoms with Gasteiger partial charge in [-0.15, -0.1) is 0 Å². The molecule has 1 saturated heterocycles. The molecule has 0 radical (unpaired) electrons. The van der Waals surface area contributed by atoms with Gasteiger partial charge in [0.1, 0.15) is 5.75 Å². The van der Waals surface area contributed by atoms with E-state index >= 15 is 0 Å². The van der Waals surface area contributed by atoms with Crippen LogP contribution in [0.2, 0.25) is 5.02 Å². The van der Waals surface area contributed by atoms with E-state index in [4.69, 9.17) is 16.3 Å². The highest BCUT2D eigenvalue weighted by Gasteiger charge is 2.25. The highest BCUT2D eigenvalue weighted by molar-refractivity contribution is 8.18. The number of fused-ring (bicyclic) bond motifs is 1. The first-order chi connectivity index (χ1) is 13.5. The number of carbonyl (C=O) groups excluding carboxylic acids is 1.